The van der Waals surface area contributed by atoms with Gasteiger partial charge in [0.05, 0.1) is 18.7 Å². The summed E-state index contributed by atoms with van der Waals surface area (Å²) in [7, 11) is 0. The Morgan fingerprint density at radius 3 is 2.72 bits per heavy atom. The third-order valence-corrected chi connectivity index (χ3v) is 4.96. The number of hydrogen-bond donors (Lipinski definition) is 2. The SMILES string of the molecule is CCc1ccc(O)c(C(=O)N2CCC(c3ccnn3CCO)CC2)c1. The summed E-state index contributed by atoms with van der Waals surface area (Å²) in [6.45, 7) is 3.91. The number of hydrogen-bond acceptors (Lipinski definition) is 4. The number of likely N-dealkylation sites (tertiary alicyclic amines) is 1. The Balaban J connectivity index is 1.68. The number of amides is 1. The molecule has 0 radical (unpaired) electrons. The van der Waals surface area contributed by atoms with Crippen LogP contribution in [0.25, 0.3) is 0 Å². The van der Waals surface area contributed by atoms with Gasteiger partial charge in [-0.2, -0.15) is 5.10 Å². The highest BCUT2D eigenvalue weighted by molar-refractivity contribution is 5.97. The van der Waals surface area contributed by atoms with Crippen molar-refractivity contribution in [3.8, 4) is 5.75 Å². The number of phenols is 1. The van der Waals surface area contributed by atoms with Crippen LogP contribution < -0.4 is 0 Å². The second-order valence-electron chi connectivity index (χ2n) is 6.47. The number of benzene rings is 1. The molecule has 2 heterocycles. The maximum absolute atomic E-state index is 12.8. The Morgan fingerprint density at radius 2 is 2.04 bits per heavy atom. The zero-order valence-corrected chi connectivity index (χ0v) is 14.6. The molecule has 0 atom stereocenters. The van der Waals surface area contributed by atoms with E-state index in [1.807, 2.05) is 28.6 Å². The molecule has 2 N–H and O–H groups in total. The summed E-state index contributed by atoms with van der Waals surface area (Å²) in [4.78, 5) is 14.6. The number of carbonyl (C=O) groups is 1. The number of aromatic hydroxyl groups is 1. The van der Waals surface area contributed by atoms with Gasteiger partial charge >= 0.3 is 0 Å². The average molecular weight is 343 g/mol. The van der Waals surface area contributed by atoms with Crippen molar-refractivity contribution < 1.29 is 15.0 Å². The molecule has 2 aromatic rings. The van der Waals surface area contributed by atoms with E-state index >= 15 is 0 Å². The first-order chi connectivity index (χ1) is 12.1. The summed E-state index contributed by atoms with van der Waals surface area (Å²) < 4.78 is 1.85. The fourth-order valence-electron chi connectivity index (χ4n) is 3.49. The van der Waals surface area contributed by atoms with Crippen molar-refractivity contribution in [1.29, 1.82) is 0 Å². The highest BCUT2D eigenvalue weighted by Crippen LogP contribution is 2.30. The molecule has 134 valence electrons. The van der Waals surface area contributed by atoms with Gasteiger partial charge < -0.3 is 15.1 Å². The van der Waals surface area contributed by atoms with Gasteiger partial charge in [0.15, 0.2) is 0 Å². The largest absolute Gasteiger partial charge is 0.507 e. The van der Waals surface area contributed by atoms with Crippen LogP contribution in [0.1, 0.15) is 47.3 Å². The van der Waals surface area contributed by atoms with Crippen molar-refractivity contribution >= 4 is 5.91 Å². The van der Waals surface area contributed by atoms with Gasteiger partial charge in [-0.15, -0.1) is 0 Å². The minimum Gasteiger partial charge on any atom is -0.507 e. The molecule has 6 nitrogen and oxygen atoms in total. The summed E-state index contributed by atoms with van der Waals surface area (Å²) in [5.74, 6) is 0.286. The summed E-state index contributed by atoms with van der Waals surface area (Å²) in [6.07, 6.45) is 4.31. The number of carbonyl (C=O) groups excluding carboxylic acids is 1. The molecule has 1 aliphatic heterocycles. The van der Waals surface area contributed by atoms with Crippen LogP contribution in [-0.2, 0) is 13.0 Å². The third kappa shape index (κ3) is 3.69. The molecule has 1 amide bonds. The second-order valence-corrected chi connectivity index (χ2v) is 6.47. The van der Waals surface area contributed by atoms with Gasteiger partial charge in [-0.3, -0.25) is 9.48 Å². The zero-order valence-electron chi connectivity index (χ0n) is 14.6. The predicted octanol–water partition coefficient (Wildman–Crippen LogP) is 2.16. The van der Waals surface area contributed by atoms with Crippen molar-refractivity contribution in [3.05, 3.63) is 47.3 Å². The van der Waals surface area contributed by atoms with Gasteiger partial charge in [0.1, 0.15) is 5.75 Å². The Hall–Kier alpha value is -2.34. The molecule has 0 aliphatic carbocycles. The molecule has 1 aromatic carbocycles. The van der Waals surface area contributed by atoms with E-state index in [9.17, 15) is 9.90 Å². The number of piperidine rings is 1. The second kappa shape index (κ2) is 7.70. The molecule has 0 bridgehead atoms. The molecule has 0 unspecified atom stereocenters. The molecule has 0 saturated carbocycles. The first kappa shape index (κ1) is 17.5. The third-order valence-electron chi connectivity index (χ3n) is 4.96. The smallest absolute Gasteiger partial charge is 0.257 e. The summed E-state index contributed by atoms with van der Waals surface area (Å²) in [5, 5.41) is 23.4. The molecule has 1 aromatic heterocycles. The maximum Gasteiger partial charge on any atom is 0.257 e. The van der Waals surface area contributed by atoms with Gasteiger partial charge in [0.2, 0.25) is 0 Å². The number of nitrogens with zero attached hydrogens (tertiary/aromatic N) is 3. The molecular weight excluding hydrogens is 318 g/mol. The fraction of sp³-hybridized carbons (Fsp3) is 0.474. The van der Waals surface area contributed by atoms with E-state index in [0.717, 1.165) is 30.5 Å². The van der Waals surface area contributed by atoms with Crippen LogP contribution in [0.4, 0.5) is 0 Å². The lowest BCUT2D eigenvalue weighted by Gasteiger charge is -2.32. The fourth-order valence-corrected chi connectivity index (χ4v) is 3.49. The molecule has 6 heteroatoms. The van der Waals surface area contributed by atoms with Crippen LogP contribution in [-0.4, -0.2) is 50.5 Å². The van der Waals surface area contributed by atoms with E-state index in [1.54, 1.807) is 18.3 Å². The Kier molecular flexibility index (Phi) is 5.38. The lowest BCUT2D eigenvalue weighted by atomic mass is 9.93. The van der Waals surface area contributed by atoms with Crippen LogP contribution in [0, 0.1) is 0 Å². The van der Waals surface area contributed by atoms with Crippen LogP contribution in [0.3, 0.4) is 0 Å². The van der Waals surface area contributed by atoms with Gasteiger partial charge in [0, 0.05) is 30.9 Å². The van der Waals surface area contributed by atoms with E-state index < -0.39 is 0 Å². The number of aliphatic hydroxyl groups is 1. The van der Waals surface area contributed by atoms with Gasteiger partial charge in [-0.1, -0.05) is 13.0 Å². The van der Waals surface area contributed by atoms with E-state index in [2.05, 4.69) is 5.10 Å². The van der Waals surface area contributed by atoms with Gasteiger partial charge in [0.25, 0.3) is 5.91 Å². The normalized spacial score (nSPS) is 15.5. The van der Waals surface area contributed by atoms with E-state index in [4.69, 9.17) is 5.11 Å². The van der Waals surface area contributed by atoms with Crippen molar-refractivity contribution in [2.75, 3.05) is 19.7 Å². The van der Waals surface area contributed by atoms with Gasteiger partial charge in [-0.25, -0.2) is 0 Å². The molecule has 1 fully saturated rings. The number of aryl methyl sites for hydroxylation is 1. The lowest BCUT2D eigenvalue weighted by Crippen LogP contribution is -2.38. The molecule has 25 heavy (non-hydrogen) atoms. The molecule has 0 spiro atoms. The monoisotopic (exact) mass is 343 g/mol. The van der Waals surface area contributed by atoms with E-state index in [-0.39, 0.29) is 18.3 Å². The first-order valence-corrected chi connectivity index (χ1v) is 8.87. The Labute approximate surface area is 147 Å². The number of aromatic nitrogens is 2. The van der Waals surface area contributed by atoms with Crippen molar-refractivity contribution in [1.82, 2.24) is 14.7 Å². The van der Waals surface area contributed by atoms with Crippen LogP contribution >= 0.6 is 0 Å². The standard InChI is InChI=1S/C19H25N3O3/c1-2-14-3-4-18(24)16(13-14)19(25)21-9-6-15(7-10-21)17-5-8-20-22(17)11-12-23/h3-5,8,13,15,23-24H,2,6-7,9-12H2,1H3. The maximum atomic E-state index is 12.8. The lowest BCUT2D eigenvalue weighted by molar-refractivity contribution is 0.0708. The van der Waals surface area contributed by atoms with Gasteiger partial charge in [-0.05, 0) is 43.0 Å². The number of phenolic OH excluding ortho intramolecular Hbond substituents is 1. The minimum atomic E-state index is -0.102. The summed E-state index contributed by atoms with van der Waals surface area (Å²) >= 11 is 0. The average Bonchev–Trinajstić information content (AvgIpc) is 3.10. The highest BCUT2D eigenvalue weighted by Gasteiger charge is 2.27. The zero-order chi connectivity index (χ0) is 17.8. The summed E-state index contributed by atoms with van der Waals surface area (Å²) in [6, 6.07) is 7.24. The van der Waals surface area contributed by atoms with Crippen molar-refractivity contribution in [3.63, 3.8) is 0 Å². The van der Waals surface area contributed by atoms with E-state index in [0.29, 0.717) is 31.1 Å². The molecule has 1 saturated heterocycles. The summed E-state index contributed by atoms with van der Waals surface area (Å²) in [5.41, 5.74) is 2.56. The number of aliphatic hydroxyl groups excluding tert-OH is 1. The van der Waals surface area contributed by atoms with Crippen molar-refractivity contribution in [2.24, 2.45) is 0 Å². The van der Waals surface area contributed by atoms with Crippen LogP contribution in [0.2, 0.25) is 0 Å². The first-order valence-electron chi connectivity index (χ1n) is 8.87. The van der Waals surface area contributed by atoms with E-state index in [1.165, 1.54) is 0 Å². The number of rotatable bonds is 5. The highest BCUT2D eigenvalue weighted by atomic mass is 16.3. The topological polar surface area (TPSA) is 78.6 Å². The molecule has 3 rings (SSSR count). The molecular formula is C19H25N3O3. The minimum absolute atomic E-state index is 0.0466. The Morgan fingerprint density at radius 1 is 1.28 bits per heavy atom. The van der Waals surface area contributed by atoms with Crippen LogP contribution in [0.15, 0.2) is 30.5 Å². The quantitative estimate of drug-likeness (QED) is 0.872. The Bertz CT molecular complexity index is 733. The predicted molar refractivity (Wildman–Crippen MR) is 94.7 cm³/mol. The molecule has 1 aliphatic rings. The van der Waals surface area contributed by atoms with Crippen molar-refractivity contribution in [2.45, 2.75) is 38.6 Å². The van der Waals surface area contributed by atoms with Crippen LogP contribution in [0.5, 0.6) is 5.75 Å².